The monoisotopic (exact) mass is 382 g/mol. The molecule has 0 N–H and O–H groups in total. The number of carbonyl (C=O) groups is 1. The largest absolute Gasteiger partial charge is 0.318 e. The molecule has 1 aromatic heterocycles. The molecule has 3 nitrogen and oxygen atoms in total. The second-order valence-corrected chi connectivity index (χ2v) is 10.5. The molecule has 1 aromatic carbocycles. The van der Waals surface area contributed by atoms with E-state index in [1.807, 2.05) is 11.3 Å². The van der Waals surface area contributed by atoms with E-state index in [1.165, 1.54) is 41.9 Å². The summed E-state index contributed by atoms with van der Waals surface area (Å²) in [5, 5.41) is 1.14. The van der Waals surface area contributed by atoms with E-state index >= 15 is 0 Å². The molecule has 0 bridgehead atoms. The normalized spacial score (nSPS) is 20.1. The summed E-state index contributed by atoms with van der Waals surface area (Å²) in [7, 11) is 0. The summed E-state index contributed by atoms with van der Waals surface area (Å²) in [6, 6.07) is 8.45. The summed E-state index contributed by atoms with van der Waals surface area (Å²) < 4.78 is 0. The molecule has 1 fully saturated rings. The van der Waals surface area contributed by atoms with Gasteiger partial charge in [0.05, 0.1) is 5.69 Å². The van der Waals surface area contributed by atoms with Crippen LogP contribution < -0.4 is 4.90 Å². The first kappa shape index (κ1) is 18.7. The van der Waals surface area contributed by atoms with Gasteiger partial charge in [-0.2, -0.15) is 0 Å². The topological polar surface area (TPSA) is 33.2 Å². The fourth-order valence-electron chi connectivity index (χ4n) is 3.96. The number of rotatable bonds is 6. The quantitative estimate of drug-likeness (QED) is 0.594. The van der Waals surface area contributed by atoms with Crippen LogP contribution in [0.15, 0.2) is 24.3 Å². The van der Waals surface area contributed by atoms with E-state index in [0.717, 1.165) is 29.4 Å². The molecule has 0 amide bonds. The van der Waals surface area contributed by atoms with Crippen molar-refractivity contribution >= 4 is 28.4 Å². The highest BCUT2D eigenvalue weighted by Gasteiger charge is 2.41. The molecule has 0 spiro atoms. The van der Waals surface area contributed by atoms with Crippen LogP contribution in [0, 0.1) is 5.92 Å². The number of hydrogen-bond acceptors (Lipinski definition) is 4. The van der Waals surface area contributed by atoms with Crippen LogP contribution in [0.5, 0.6) is 0 Å². The lowest BCUT2D eigenvalue weighted by molar-refractivity contribution is -0.107. The number of benzene rings is 1. The van der Waals surface area contributed by atoms with E-state index in [4.69, 9.17) is 4.98 Å². The van der Waals surface area contributed by atoms with Crippen LogP contribution in [0.25, 0.3) is 0 Å². The maximum absolute atomic E-state index is 10.8. The number of fused-ring (bicyclic) bond motifs is 1. The first-order valence-electron chi connectivity index (χ1n) is 10.1. The highest BCUT2D eigenvalue weighted by Crippen LogP contribution is 2.50. The van der Waals surface area contributed by atoms with Crippen LogP contribution in [0.4, 0.5) is 10.8 Å². The maximum Gasteiger partial charge on any atom is 0.190 e. The van der Waals surface area contributed by atoms with Gasteiger partial charge in [-0.3, -0.25) is 0 Å². The van der Waals surface area contributed by atoms with Crippen molar-refractivity contribution in [2.45, 2.75) is 70.6 Å². The van der Waals surface area contributed by atoms with Crippen molar-refractivity contribution in [3.63, 3.8) is 0 Å². The van der Waals surface area contributed by atoms with Gasteiger partial charge in [-0.25, -0.2) is 4.98 Å². The smallest absolute Gasteiger partial charge is 0.190 e. The van der Waals surface area contributed by atoms with Crippen molar-refractivity contribution in [3.05, 3.63) is 40.4 Å². The number of carbonyl (C=O) groups excluding carboxylic acids is 1. The van der Waals surface area contributed by atoms with Gasteiger partial charge in [0, 0.05) is 34.4 Å². The molecule has 0 saturated heterocycles. The standard InChI is InChI=1S/C23H30N2OS/c1-22(2)12-13-23(3,4)20-19(22)24-21(27-20)25(15-17-5-6-17)18-9-7-16(8-10-18)11-14-26/h7-10,14,17H,5-6,11-13,15H2,1-4H3. The SMILES string of the molecule is CC1(C)CCC(C)(C)c2sc(N(CC3CC3)c3ccc(CC=O)cc3)nc21. The molecule has 2 aliphatic rings. The minimum Gasteiger partial charge on any atom is -0.318 e. The second kappa shape index (κ2) is 6.73. The molecule has 2 aliphatic carbocycles. The van der Waals surface area contributed by atoms with Gasteiger partial charge in [-0.05, 0) is 49.3 Å². The van der Waals surface area contributed by atoms with E-state index in [1.54, 1.807) is 0 Å². The van der Waals surface area contributed by atoms with E-state index in [9.17, 15) is 4.79 Å². The number of thiazole rings is 1. The third kappa shape index (κ3) is 3.69. The Labute approximate surface area is 166 Å². The second-order valence-electron chi connectivity index (χ2n) is 9.53. The molecule has 27 heavy (non-hydrogen) atoms. The summed E-state index contributed by atoms with van der Waals surface area (Å²) in [4.78, 5) is 19.9. The van der Waals surface area contributed by atoms with Gasteiger partial charge < -0.3 is 9.69 Å². The molecule has 4 rings (SSSR count). The Morgan fingerprint density at radius 3 is 2.37 bits per heavy atom. The average molecular weight is 383 g/mol. The van der Waals surface area contributed by atoms with E-state index in [2.05, 4.69) is 56.9 Å². The lowest BCUT2D eigenvalue weighted by atomic mass is 9.69. The molecular formula is C23H30N2OS. The van der Waals surface area contributed by atoms with Crippen molar-refractivity contribution in [2.75, 3.05) is 11.4 Å². The zero-order valence-electron chi connectivity index (χ0n) is 16.9. The first-order chi connectivity index (χ1) is 12.8. The third-order valence-electron chi connectivity index (χ3n) is 6.18. The zero-order chi connectivity index (χ0) is 19.2. The van der Waals surface area contributed by atoms with Gasteiger partial charge in [-0.1, -0.05) is 39.8 Å². The Bertz CT molecular complexity index is 797. The Morgan fingerprint density at radius 1 is 1.11 bits per heavy atom. The number of hydrogen-bond donors (Lipinski definition) is 0. The van der Waals surface area contributed by atoms with E-state index in [-0.39, 0.29) is 10.8 Å². The number of aldehydes is 1. The van der Waals surface area contributed by atoms with Crippen molar-refractivity contribution in [2.24, 2.45) is 5.92 Å². The van der Waals surface area contributed by atoms with Gasteiger partial charge in [0.2, 0.25) is 0 Å². The van der Waals surface area contributed by atoms with Crippen molar-refractivity contribution in [1.29, 1.82) is 0 Å². The molecule has 4 heteroatoms. The molecule has 1 saturated carbocycles. The highest BCUT2D eigenvalue weighted by molar-refractivity contribution is 7.16. The zero-order valence-corrected chi connectivity index (χ0v) is 17.7. The van der Waals surface area contributed by atoms with Crippen LogP contribution in [-0.2, 0) is 22.0 Å². The van der Waals surface area contributed by atoms with Crippen LogP contribution >= 0.6 is 11.3 Å². The van der Waals surface area contributed by atoms with Crippen LogP contribution in [0.2, 0.25) is 0 Å². The first-order valence-corrected chi connectivity index (χ1v) is 10.9. The summed E-state index contributed by atoms with van der Waals surface area (Å²) in [5.74, 6) is 0.779. The fraction of sp³-hybridized carbons (Fsp3) is 0.565. The van der Waals surface area contributed by atoms with Gasteiger partial charge in [0.1, 0.15) is 6.29 Å². The summed E-state index contributed by atoms with van der Waals surface area (Å²) >= 11 is 1.89. The molecule has 0 unspecified atom stereocenters. The van der Waals surface area contributed by atoms with Gasteiger partial charge in [0.15, 0.2) is 5.13 Å². The molecule has 0 aliphatic heterocycles. The van der Waals surface area contributed by atoms with Crippen LogP contribution in [-0.4, -0.2) is 17.8 Å². The fourth-order valence-corrected chi connectivity index (χ4v) is 5.37. The minimum atomic E-state index is 0.151. The Kier molecular flexibility index (Phi) is 4.66. The lowest BCUT2D eigenvalue weighted by Crippen LogP contribution is -2.32. The average Bonchev–Trinajstić information content (AvgIpc) is 3.32. The highest BCUT2D eigenvalue weighted by atomic mass is 32.1. The molecule has 0 radical (unpaired) electrons. The van der Waals surface area contributed by atoms with Crippen LogP contribution in [0.3, 0.4) is 0 Å². The predicted octanol–water partition coefficient (Wildman–Crippen LogP) is 5.78. The number of anilines is 2. The van der Waals surface area contributed by atoms with E-state index in [0.29, 0.717) is 6.42 Å². The molecule has 1 heterocycles. The minimum absolute atomic E-state index is 0.151. The van der Waals surface area contributed by atoms with Crippen molar-refractivity contribution < 1.29 is 4.79 Å². The Balaban J connectivity index is 1.73. The Morgan fingerprint density at radius 2 is 1.78 bits per heavy atom. The molecular weight excluding hydrogens is 352 g/mol. The molecule has 144 valence electrons. The van der Waals surface area contributed by atoms with Crippen molar-refractivity contribution in [3.8, 4) is 0 Å². The van der Waals surface area contributed by atoms with Gasteiger partial charge in [-0.15, -0.1) is 11.3 Å². The van der Waals surface area contributed by atoms with Crippen LogP contribution in [0.1, 0.15) is 69.5 Å². The maximum atomic E-state index is 10.8. The molecule has 2 aromatic rings. The van der Waals surface area contributed by atoms with Gasteiger partial charge in [0.25, 0.3) is 0 Å². The lowest BCUT2D eigenvalue weighted by Gasteiger charge is -2.37. The number of nitrogens with zero attached hydrogens (tertiary/aromatic N) is 2. The summed E-state index contributed by atoms with van der Waals surface area (Å²) in [5.41, 5.74) is 3.93. The van der Waals surface area contributed by atoms with Crippen molar-refractivity contribution in [1.82, 2.24) is 4.98 Å². The summed E-state index contributed by atoms with van der Waals surface area (Å²) in [6.07, 6.45) is 6.51. The number of aromatic nitrogens is 1. The Hall–Kier alpha value is -1.68. The predicted molar refractivity (Wildman–Crippen MR) is 113 cm³/mol. The third-order valence-corrected chi connectivity index (χ3v) is 7.63. The van der Waals surface area contributed by atoms with E-state index < -0.39 is 0 Å². The molecule has 0 atom stereocenters. The summed E-state index contributed by atoms with van der Waals surface area (Å²) in [6.45, 7) is 10.4. The van der Waals surface area contributed by atoms with Gasteiger partial charge >= 0.3 is 0 Å².